The Morgan fingerprint density at radius 2 is 2.00 bits per heavy atom. The molecule has 0 radical (unpaired) electrons. The van der Waals surface area contributed by atoms with Gasteiger partial charge in [0.2, 0.25) is 0 Å². The van der Waals surface area contributed by atoms with Gasteiger partial charge in [-0.05, 0) is 73.2 Å². The monoisotopic (exact) mass is 451 g/mol. The minimum absolute atomic E-state index is 0. The normalized spacial score (nSPS) is 16.1. The number of nitrogens with zero attached hydrogens (tertiary/aromatic N) is 1. The lowest BCUT2D eigenvalue weighted by molar-refractivity contribution is 0.367. The van der Waals surface area contributed by atoms with Gasteiger partial charge < -0.3 is 5.32 Å². The lowest BCUT2D eigenvalue weighted by atomic mass is 9.89. The summed E-state index contributed by atoms with van der Waals surface area (Å²) >= 11 is 1.21. The molecule has 1 heterocycles. The van der Waals surface area contributed by atoms with Crippen molar-refractivity contribution in [3.05, 3.63) is 41.3 Å². The molecule has 1 saturated carbocycles. The maximum Gasteiger partial charge on any atom is 0.271 e. The van der Waals surface area contributed by atoms with Crippen molar-refractivity contribution in [3.63, 3.8) is 0 Å². The second-order valence-electron chi connectivity index (χ2n) is 8.56. The quantitative estimate of drug-likeness (QED) is 0.349. The Labute approximate surface area is 188 Å². The lowest BCUT2D eigenvalue weighted by Gasteiger charge is -2.20. The molecule has 1 aromatic carbocycles. The summed E-state index contributed by atoms with van der Waals surface area (Å²) in [6.45, 7) is 7.22. The van der Waals surface area contributed by atoms with Crippen molar-refractivity contribution in [1.82, 2.24) is 0 Å². The Balaban J connectivity index is 0.00000256. The molecule has 2 N–H and O–H groups in total. The van der Waals surface area contributed by atoms with Gasteiger partial charge in [-0.2, -0.15) is 0 Å². The maximum atomic E-state index is 12.6. The van der Waals surface area contributed by atoms with Crippen LogP contribution < -0.4 is 10.0 Å². The van der Waals surface area contributed by atoms with E-state index in [-0.39, 0.29) is 2.85 Å². The van der Waals surface area contributed by atoms with Gasteiger partial charge in [-0.1, -0.05) is 39.2 Å². The van der Waals surface area contributed by atoms with E-state index in [0.29, 0.717) is 21.7 Å². The van der Waals surface area contributed by atoms with Crippen LogP contribution in [0, 0.1) is 11.8 Å². The fourth-order valence-electron chi connectivity index (χ4n) is 3.88. The van der Waals surface area contributed by atoms with Crippen LogP contribution in [-0.4, -0.2) is 20.8 Å². The fraction of sp³-hybridized carbons (Fsp3) is 0.522. The summed E-state index contributed by atoms with van der Waals surface area (Å²) < 4.78 is 28.1. The summed E-state index contributed by atoms with van der Waals surface area (Å²) in [4.78, 5) is 4.77. The van der Waals surface area contributed by atoms with Gasteiger partial charge in [0.15, 0.2) is 0 Å². The van der Waals surface area contributed by atoms with Gasteiger partial charge >= 0.3 is 0 Å². The Hall–Kier alpha value is -1.86. The molecule has 0 saturated heterocycles. The number of thiophene rings is 1. The smallest absolute Gasteiger partial charge is 0.271 e. The van der Waals surface area contributed by atoms with Crippen LogP contribution in [0.15, 0.2) is 44.9 Å². The number of sulfonamides is 1. The summed E-state index contributed by atoms with van der Waals surface area (Å²) in [5, 5.41) is 5.21. The van der Waals surface area contributed by atoms with Crippen LogP contribution in [0.1, 0.15) is 61.3 Å². The van der Waals surface area contributed by atoms with Gasteiger partial charge in [0.05, 0.1) is 5.84 Å². The minimum Gasteiger partial charge on any atom is -0.344 e. The number of hydrogen-bond acceptors (Lipinski definition) is 4. The van der Waals surface area contributed by atoms with E-state index in [1.807, 2.05) is 25.1 Å². The van der Waals surface area contributed by atoms with Gasteiger partial charge in [-0.25, -0.2) is 8.42 Å². The van der Waals surface area contributed by atoms with E-state index in [9.17, 15) is 8.42 Å². The van der Waals surface area contributed by atoms with Crippen molar-refractivity contribution < 1.29 is 11.3 Å². The van der Waals surface area contributed by atoms with Crippen LogP contribution in [0.4, 0.5) is 11.4 Å². The van der Waals surface area contributed by atoms with E-state index in [0.717, 1.165) is 30.1 Å². The Morgan fingerprint density at radius 1 is 1.23 bits per heavy atom. The molecule has 1 aliphatic carbocycles. The lowest BCUT2D eigenvalue weighted by Crippen LogP contribution is -2.15. The summed E-state index contributed by atoms with van der Waals surface area (Å²) in [6.07, 6.45) is 7.44. The van der Waals surface area contributed by atoms with E-state index < -0.39 is 10.0 Å². The molecule has 3 rings (SSSR count). The predicted octanol–water partition coefficient (Wildman–Crippen LogP) is 6.65. The molecule has 1 aromatic heterocycles. The van der Waals surface area contributed by atoms with Crippen molar-refractivity contribution in [3.8, 4) is 0 Å². The largest absolute Gasteiger partial charge is 0.344 e. The molecule has 0 unspecified atom stereocenters. The van der Waals surface area contributed by atoms with E-state index in [1.54, 1.807) is 17.5 Å². The SMILES string of the molecule is CC(=NCC1CCCCC1)Nc1ccc(NS(=O)(=O)c2cccs2)cc1CC(C)C.[HH].[HH]. The first-order valence-corrected chi connectivity index (χ1v) is 13.2. The average molecular weight is 452 g/mol. The minimum atomic E-state index is -3.55. The standard InChI is InChI=1S/C23H33N3O2S2.2H2/c1-17(2)14-20-15-21(26-30(27,28)23-10-7-13-29-23)11-12-22(20)25-18(3)24-16-19-8-5-4-6-9-19;;/h7,10-13,15,17,19,26H,4-6,8-9,14,16H2,1-3H3,(H,24,25);2*1H. The van der Waals surface area contributed by atoms with Crippen molar-refractivity contribution in [2.75, 3.05) is 16.6 Å². The van der Waals surface area contributed by atoms with Crippen molar-refractivity contribution in [2.45, 2.75) is 63.5 Å². The second-order valence-corrected chi connectivity index (χ2v) is 11.4. The zero-order valence-corrected chi connectivity index (χ0v) is 19.8. The number of anilines is 2. The fourth-order valence-corrected chi connectivity index (χ4v) is 5.92. The molecular weight excluding hydrogens is 414 g/mol. The van der Waals surface area contributed by atoms with Crippen LogP contribution in [0.5, 0.6) is 0 Å². The predicted molar refractivity (Wildman–Crippen MR) is 133 cm³/mol. The van der Waals surface area contributed by atoms with Crippen molar-refractivity contribution >= 4 is 38.6 Å². The third-order valence-electron chi connectivity index (χ3n) is 5.37. The summed E-state index contributed by atoms with van der Waals surface area (Å²) in [5.41, 5.74) is 2.66. The summed E-state index contributed by atoms with van der Waals surface area (Å²) in [6, 6.07) is 9.05. The Kier molecular flexibility index (Phi) is 7.94. The Morgan fingerprint density at radius 3 is 2.67 bits per heavy atom. The number of hydrogen-bond donors (Lipinski definition) is 2. The van der Waals surface area contributed by atoms with E-state index in [1.165, 1.54) is 43.4 Å². The first kappa shape index (κ1) is 22.8. The zero-order valence-electron chi connectivity index (χ0n) is 18.1. The van der Waals surface area contributed by atoms with Crippen LogP contribution in [-0.2, 0) is 16.4 Å². The van der Waals surface area contributed by atoms with Gasteiger partial charge in [-0.3, -0.25) is 9.71 Å². The average Bonchev–Trinajstić information content (AvgIpc) is 3.24. The Bertz CT molecular complexity index is 956. The first-order chi connectivity index (χ1) is 14.3. The molecule has 0 aliphatic heterocycles. The summed E-state index contributed by atoms with van der Waals surface area (Å²) in [7, 11) is -3.55. The van der Waals surface area contributed by atoms with Gasteiger partial charge in [-0.15, -0.1) is 11.3 Å². The van der Waals surface area contributed by atoms with Gasteiger partial charge in [0, 0.05) is 20.8 Å². The molecule has 5 nitrogen and oxygen atoms in total. The highest BCUT2D eigenvalue weighted by atomic mass is 32.2. The molecular formula is C23H37N3O2S2. The zero-order chi connectivity index (χ0) is 21.6. The molecule has 0 atom stereocenters. The third-order valence-corrected chi connectivity index (χ3v) is 8.15. The molecule has 168 valence electrons. The van der Waals surface area contributed by atoms with Crippen molar-refractivity contribution in [1.29, 1.82) is 0 Å². The van der Waals surface area contributed by atoms with E-state index in [4.69, 9.17) is 4.99 Å². The second kappa shape index (κ2) is 10.4. The van der Waals surface area contributed by atoms with Crippen LogP contribution >= 0.6 is 11.3 Å². The highest BCUT2D eigenvalue weighted by Gasteiger charge is 2.17. The maximum absolute atomic E-state index is 12.6. The van der Waals surface area contributed by atoms with Gasteiger partial charge in [0.1, 0.15) is 4.21 Å². The molecule has 2 aromatic rings. The van der Waals surface area contributed by atoms with Crippen LogP contribution in [0.2, 0.25) is 0 Å². The van der Waals surface area contributed by atoms with Crippen LogP contribution in [0.3, 0.4) is 0 Å². The molecule has 7 heteroatoms. The summed E-state index contributed by atoms with van der Waals surface area (Å²) in [5.74, 6) is 2.08. The molecule has 0 bridgehead atoms. The van der Waals surface area contributed by atoms with Crippen LogP contribution in [0.25, 0.3) is 0 Å². The molecule has 1 aliphatic rings. The van der Waals surface area contributed by atoms with E-state index >= 15 is 0 Å². The van der Waals surface area contributed by atoms with E-state index in [2.05, 4.69) is 23.9 Å². The number of benzene rings is 1. The number of rotatable bonds is 8. The first-order valence-electron chi connectivity index (χ1n) is 10.8. The third kappa shape index (κ3) is 6.57. The number of aliphatic imine (C=N–C) groups is 1. The van der Waals surface area contributed by atoms with Gasteiger partial charge in [0.25, 0.3) is 10.0 Å². The molecule has 0 spiro atoms. The highest BCUT2D eigenvalue weighted by molar-refractivity contribution is 7.94. The number of amidine groups is 1. The molecule has 1 fully saturated rings. The van der Waals surface area contributed by atoms with Crippen molar-refractivity contribution in [2.24, 2.45) is 16.8 Å². The number of nitrogens with one attached hydrogen (secondary N) is 2. The molecule has 0 amide bonds. The molecule has 30 heavy (non-hydrogen) atoms. The topological polar surface area (TPSA) is 70.6 Å². The highest BCUT2D eigenvalue weighted by Crippen LogP contribution is 2.27.